The molecular weight excluding hydrogens is 289 g/mol. The maximum atomic E-state index is 6.22. The summed E-state index contributed by atoms with van der Waals surface area (Å²) in [5, 5.41) is 5.04. The number of fused-ring (bicyclic) bond motifs is 1. The van der Waals surface area contributed by atoms with Crippen molar-refractivity contribution in [3.8, 4) is 0 Å². The topological polar surface area (TPSA) is 12.0 Å². The molecule has 0 fully saturated rings. The smallest absolute Gasteiger partial charge is 0.0465 e. The third kappa shape index (κ3) is 3.01. The second kappa shape index (κ2) is 6.17. The van der Waals surface area contributed by atoms with Crippen LogP contribution in [0.3, 0.4) is 0 Å². The fourth-order valence-corrected chi connectivity index (χ4v) is 3.34. The van der Waals surface area contributed by atoms with Crippen LogP contribution in [-0.2, 0) is 13.0 Å². The van der Waals surface area contributed by atoms with E-state index in [4.69, 9.17) is 23.2 Å². The van der Waals surface area contributed by atoms with Gasteiger partial charge in [-0.25, -0.2) is 0 Å². The number of hydrogen-bond acceptors (Lipinski definition) is 1. The Morgan fingerprint density at radius 2 is 1.95 bits per heavy atom. The molecule has 2 aromatic carbocycles. The molecule has 1 aliphatic rings. The molecule has 1 nitrogen and oxygen atoms in total. The molecular formula is C17H17Cl2N. The first-order valence-electron chi connectivity index (χ1n) is 6.99. The molecule has 1 N–H and O–H groups in total. The highest BCUT2D eigenvalue weighted by atomic mass is 35.5. The molecule has 2 aromatic rings. The predicted molar refractivity (Wildman–Crippen MR) is 85.4 cm³/mol. The Morgan fingerprint density at radius 1 is 1.10 bits per heavy atom. The van der Waals surface area contributed by atoms with Crippen LogP contribution >= 0.6 is 23.2 Å². The van der Waals surface area contributed by atoms with Gasteiger partial charge in [-0.05, 0) is 48.1 Å². The van der Waals surface area contributed by atoms with Gasteiger partial charge in [0.15, 0.2) is 0 Å². The van der Waals surface area contributed by atoms with Crippen LogP contribution in [0.5, 0.6) is 0 Å². The van der Waals surface area contributed by atoms with Crippen LogP contribution in [0.25, 0.3) is 0 Å². The molecule has 0 aliphatic heterocycles. The quantitative estimate of drug-likeness (QED) is 0.826. The van der Waals surface area contributed by atoms with Gasteiger partial charge in [-0.3, -0.25) is 0 Å². The lowest BCUT2D eigenvalue weighted by atomic mass is 9.87. The van der Waals surface area contributed by atoms with Gasteiger partial charge < -0.3 is 5.32 Å². The standard InChI is InChI=1S/C17H17Cl2N/c18-14-9-8-13(16(19)10-14)11-20-17-7-3-5-12-4-1-2-6-15(12)17/h1-2,4,6,8-10,17,20H,3,5,7,11H2/t17-/m0/s1. The number of nitrogens with one attached hydrogen (secondary N) is 1. The number of halogens is 2. The monoisotopic (exact) mass is 305 g/mol. The van der Waals surface area contributed by atoms with Crippen LogP contribution in [0.4, 0.5) is 0 Å². The summed E-state index contributed by atoms with van der Waals surface area (Å²) in [7, 11) is 0. The fourth-order valence-electron chi connectivity index (χ4n) is 2.86. The number of hydrogen-bond donors (Lipinski definition) is 1. The largest absolute Gasteiger partial charge is 0.306 e. The Morgan fingerprint density at radius 3 is 2.80 bits per heavy atom. The van der Waals surface area contributed by atoms with E-state index in [2.05, 4.69) is 29.6 Å². The van der Waals surface area contributed by atoms with Crippen molar-refractivity contribution in [3.05, 3.63) is 69.2 Å². The van der Waals surface area contributed by atoms with Crippen LogP contribution in [0.2, 0.25) is 10.0 Å². The minimum absolute atomic E-state index is 0.423. The van der Waals surface area contributed by atoms with Gasteiger partial charge in [-0.2, -0.15) is 0 Å². The Balaban J connectivity index is 1.73. The number of aryl methyl sites for hydroxylation is 1. The van der Waals surface area contributed by atoms with Crippen LogP contribution in [0.1, 0.15) is 35.6 Å². The van der Waals surface area contributed by atoms with E-state index < -0.39 is 0 Å². The van der Waals surface area contributed by atoms with Crippen molar-refractivity contribution in [1.29, 1.82) is 0 Å². The average molecular weight is 306 g/mol. The molecule has 20 heavy (non-hydrogen) atoms. The fraction of sp³-hybridized carbons (Fsp3) is 0.294. The molecule has 1 aliphatic carbocycles. The summed E-state index contributed by atoms with van der Waals surface area (Å²) >= 11 is 12.2. The summed E-state index contributed by atoms with van der Waals surface area (Å²) in [4.78, 5) is 0. The molecule has 0 aromatic heterocycles. The van der Waals surface area contributed by atoms with Gasteiger partial charge in [-0.15, -0.1) is 0 Å². The molecule has 0 unspecified atom stereocenters. The first-order chi connectivity index (χ1) is 9.74. The lowest BCUT2D eigenvalue weighted by molar-refractivity contribution is 0.459. The molecule has 104 valence electrons. The predicted octanol–water partition coefficient (Wildman–Crippen LogP) is 5.16. The molecule has 0 saturated heterocycles. The van der Waals surface area contributed by atoms with Crippen molar-refractivity contribution >= 4 is 23.2 Å². The number of rotatable bonds is 3. The summed E-state index contributed by atoms with van der Waals surface area (Å²) in [5.74, 6) is 0. The third-order valence-electron chi connectivity index (χ3n) is 3.92. The Bertz CT molecular complexity index is 610. The molecule has 0 spiro atoms. The van der Waals surface area contributed by atoms with Gasteiger partial charge in [-0.1, -0.05) is 53.5 Å². The summed E-state index contributed by atoms with van der Waals surface area (Å²) < 4.78 is 0. The third-order valence-corrected chi connectivity index (χ3v) is 4.51. The maximum Gasteiger partial charge on any atom is 0.0465 e. The maximum absolute atomic E-state index is 6.22. The molecule has 3 heteroatoms. The van der Waals surface area contributed by atoms with E-state index >= 15 is 0 Å². The van der Waals surface area contributed by atoms with E-state index in [0.29, 0.717) is 11.1 Å². The minimum Gasteiger partial charge on any atom is -0.306 e. The zero-order chi connectivity index (χ0) is 13.9. The van der Waals surface area contributed by atoms with Crippen LogP contribution in [0.15, 0.2) is 42.5 Å². The highest BCUT2D eigenvalue weighted by Gasteiger charge is 2.19. The van der Waals surface area contributed by atoms with Crippen molar-refractivity contribution in [2.75, 3.05) is 0 Å². The Hall–Kier alpha value is -1.02. The van der Waals surface area contributed by atoms with Gasteiger partial charge in [0, 0.05) is 22.6 Å². The molecule has 3 rings (SSSR count). The van der Waals surface area contributed by atoms with E-state index in [1.807, 2.05) is 12.1 Å². The molecule has 1 atom stereocenters. The molecule has 0 heterocycles. The van der Waals surface area contributed by atoms with E-state index in [9.17, 15) is 0 Å². The molecule has 0 amide bonds. The van der Waals surface area contributed by atoms with Crippen LogP contribution < -0.4 is 5.32 Å². The highest BCUT2D eigenvalue weighted by molar-refractivity contribution is 6.35. The van der Waals surface area contributed by atoms with E-state index in [1.165, 1.54) is 30.4 Å². The average Bonchev–Trinajstić information content (AvgIpc) is 2.46. The Labute approximate surface area is 129 Å². The molecule has 0 bridgehead atoms. The van der Waals surface area contributed by atoms with Gasteiger partial charge in [0.25, 0.3) is 0 Å². The van der Waals surface area contributed by atoms with Gasteiger partial charge in [0.05, 0.1) is 0 Å². The van der Waals surface area contributed by atoms with Gasteiger partial charge >= 0.3 is 0 Å². The summed E-state index contributed by atoms with van der Waals surface area (Å²) in [6, 6.07) is 14.8. The SMILES string of the molecule is Clc1ccc(CN[C@H]2CCCc3ccccc32)c(Cl)c1. The van der Waals surface area contributed by atoms with Crippen molar-refractivity contribution in [2.24, 2.45) is 0 Å². The van der Waals surface area contributed by atoms with Crippen molar-refractivity contribution in [3.63, 3.8) is 0 Å². The van der Waals surface area contributed by atoms with Gasteiger partial charge in [0.2, 0.25) is 0 Å². The zero-order valence-electron chi connectivity index (χ0n) is 11.2. The van der Waals surface area contributed by atoms with Crippen molar-refractivity contribution < 1.29 is 0 Å². The second-order valence-electron chi connectivity index (χ2n) is 5.26. The van der Waals surface area contributed by atoms with E-state index in [0.717, 1.165) is 17.1 Å². The molecule has 0 saturated carbocycles. The minimum atomic E-state index is 0.423. The first-order valence-corrected chi connectivity index (χ1v) is 7.75. The normalized spacial score (nSPS) is 17.8. The number of benzene rings is 2. The summed E-state index contributed by atoms with van der Waals surface area (Å²) in [6.07, 6.45) is 3.61. The van der Waals surface area contributed by atoms with E-state index in [-0.39, 0.29) is 0 Å². The lowest BCUT2D eigenvalue weighted by Crippen LogP contribution is -2.24. The van der Waals surface area contributed by atoms with Crippen molar-refractivity contribution in [2.45, 2.75) is 31.8 Å². The van der Waals surface area contributed by atoms with Crippen molar-refractivity contribution in [1.82, 2.24) is 5.32 Å². The second-order valence-corrected chi connectivity index (χ2v) is 6.10. The highest BCUT2D eigenvalue weighted by Crippen LogP contribution is 2.30. The summed E-state index contributed by atoms with van der Waals surface area (Å²) in [5.41, 5.74) is 4.00. The summed E-state index contributed by atoms with van der Waals surface area (Å²) in [6.45, 7) is 0.773. The lowest BCUT2D eigenvalue weighted by Gasteiger charge is -2.26. The van der Waals surface area contributed by atoms with Crippen LogP contribution in [0, 0.1) is 0 Å². The first kappa shape index (κ1) is 13.9. The van der Waals surface area contributed by atoms with Gasteiger partial charge in [0.1, 0.15) is 0 Å². The van der Waals surface area contributed by atoms with E-state index in [1.54, 1.807) is 6.07 Å². The molecule has 0 radical (unpaired) electrons. The van der Waals surface area contributed by atoms with Crippen LogP contribution in [-0.4, -0.2) is 0 Å². The zero-order valence-corrected chi connectivity index (χ0v) is 12.7. The Kier molecular flexibility index (Phi) is 4.30.